The van der Waals surface area contributed by atoms with Crippen molar-refractivity contribution in [2.75, 3.05) is 6.61 Å². The molecule has 15 heavy (non-hydrogen) atoms. The second kappa shape index (κ2) is 3.54. The van der Waals surface area contributed by atoms with Gasteiger partial charge in [0.05, 0.1) is 6.61 Å². The van der Waals surface area contributed by atoms with Crippen LogP contribution < -0.4 is 5.90 Å². The first kappa shape index (κ1) is 10.5. The highest BCUT2D eigenvalue weighted by Crippen LogP contribution is 2.50. The van der Waals surface area contributed by atoms with Crippen LogP contribution in [0.3, 0.4) is 0 Å². The van der Waals surface area contributed by atoms with E-state index in [1.165, 1.54) is 12.1 Å². The van der Waals surface area contributed by atoms with Gasteiger partial charge in [0.1, 0.15) is 11.6 Å². The molecule has 0 saturated heterocycles. The Morgan fingerprint density at radius 3 is 2.27 bits per heavy atom. The van der Waals surface area contributed by atoms with Crippen molar-refractivity contribution in [3.8, 4) is 0 Å². The molecule has 1 fully saturated rings. The number of benzene rings is 1. The van der Waals surface area contributed by atoms with Crippen molar-refractivity contribution >= 4 is 0 Å². The minimum atomic E-state index is -0.531. The third kappa shape index (κ3) is 1.75. The third-order valence-electron chi connectivity index (χ3n) is 2.93. The molecule has 0 amide bonds. The maximum Gasteiger partial charge on any atom is 0.130 e. The monoisotopic (exact) mass is 213 g/mol. The molecule has 0 unspecified atom stereocenters. The molecule has 1 aliphatic carbocycles. The van der Waals surface area contributed by atoms with Crippen molar-refractivity contribution in [3.63, 3.8) is 0 Å². The Hall–Kier alpha value is -1.00. The lowest BCUT2D eigenvalue weighted by atomic mass is 9.94. The molecule has 0 bridgehead atoms. The van der Waals surface area contributed by atoms with Crippen LogP contribution in [0.5, 0.6) is 0 Å². The van der Waals surface area contributed by atoms with E-state index >= 15 is 0 Å². The van der Waals surface area contributed by atoms with E-state index < -0.39 is 17.0 Å². The first-order valence-electron chi connectivity index (χ1n) is 4.87. The van der Waals surface area contributed by atoms with Gasteiger partial charge in [-0.05, 0) is 37.5 Å². The highest BCUT2D eigenvalue weighted by molar-refractivity contribution is 5.36. The molecule has 0 atom stereocenters. The minimum absolute atomic E-state index is 0.124. The maximum atomic E-state index is 13.6. The summed E-state index contributed by atoms with van der Waals surface area (Å²) in [5.41, 5.74) is 0.174. The molecule has 2 nitrogen and oxygen atoms in total. The second-order valence-corrected chi connectivity index (χ2v) is 4.19. The lowest BCUT2D eigenvalue weighted by molar-refractivity contribution is 0.114. The van der Waals surface area contributed by atoms with Crippen molar-refractivity contribution < 1.29 is 13.6 Å². The molecular formula is C11H13F2NO. The zero-order valence-electron chi connectivity index (χ0n) is 8.52. The lowest BCUT2D eigenvalue weighted by Gasteiger charge is -2.16. The van der Waals surface area contributed by atoms with Gasteiger partial charge in [0.2, 0.25) is 0 Å². The number of nitrogens with two attached hydrogens (primary N) is 1. The van der Waals surface area contributed by atoms with Crippen molar-refractivity contribution in [1.82, 2.24) is 0 Å². The van der Waals surface area contributed by atoms with Gasteiger partial charge in [-0.25, -0.2) is 14.7 Å². The second-order valence-electron chi connectivity index (χ2n) is 4.19. The van der Waals surface area contributed by atoms with Gasteiger partial charge in [-0.2, -0.15) is 0 Å². The Morgan fingerprint density at radius 1 is 1.33 bits per heavy atom. The summed E-state index contributed by atoms with van der Waals surface area (Å²) in [4.78, 5) is 4.53. The minimum Gasteiger partial charge on any atom is -0.304 e. The fourth-order valence-corrected chi connectivity index (χ4v) is 1.98. The van der Waals surface area contributed by atoms with Gasteiger partial charge >= 0.3 is 0 Å². The largest absolute Gasteiger partial charge is 0.304 e. The van der Waals surface area contributed by atoms with Crippen LogP contribution in [-0.2, 0) is 10.3 Å². The smallest absolute Gasteiger partial charge is 0.130 e. The van der Waals surface area contributed by atoms with E-state index in [0.717, 1.165) is 12.8 Å². The van der Waals surface area contributed by atoms with Crippen molar-refractivity contribution in [1.29, 1.82) is 0 Å². The summed E-state index contributed by atoms with van der Waals surface area (Å²) in [5.74, 6) is 3.98. The number of halogens is 2. The van der Waals surface area contributed by atoms with Crippen LogP contribution in [0, 0.1) is 18.6 Å². The summed E-state index contributed by atoms with van der Waals surface area (Å²) in [5, 5.41) is 0. The zero-order chi connectivity index (χ0) is 11.1. The molecule has 1 aliphatic rings. The predicted molar refractivity (Wildman–Crippen MR) is 52.1 cm³/mol. The van der Waals surface area contributed by atoms with Crippen LogP contribution in [0.15, 0.2) is 12.1 Å². The van der Waals surface area contributed by atoms with E-state index in [0.29, 0.717) is 5.56 Å². The van der Waals surface area contributed by atoms with Gasteiger partial charge in [-0.1, -0.05) is 0 Å². The molecule has 2 rings (SSSR count). The molecule has 0 radical (unpaired) electrons. The van der Waals surface area contributed by atoms with Crippen LogP contribution in [0.25, 0.3) is 0 Å². The average Bonchev–Trinajstić information content (AvgIpc) is 2.83. The van der Waals surface area contributed by atoms with Crippen molar-refractivity contribution in [2.24, 2.45) is 5.90 Å². The fraction of sp³-hybridized carbons (Fsp3) is 0.455. The highest BCUT2D eigenvalue weighted by atomic mass is 19.1. The van der Waals surface area contributed by atoms with Gasteiger partial charge in [0.15, 0.2) is 0 Å². The van der Waals surface area contributed by atoms with Gasteiger partial charge in [-0.15, -0.1) is 0 Å². The van der Waals surface area contributed by atoms with E-state index in [-0.39, 0.29) is 12.2 Å². The van der Waals surface area contributed by atoms with Gasteiger partial charge in [0, 0.05) is 11.0 Å². The SMILES string of the molecule is Cc1cc(F)c(C2(CON)CC2)c(F)c1. The third-order valence-corrected chi connectivity index (χ3v) is 2.93. The van der Waals surface area contributed by atoms with Crippen molar-refractivity contribution in [2.45, 2.75) is 25.2 Å². The number of hydrogen-bond donors (Lipinski definition) is 1. The highest BCUT2D eigenvalue weighted by Gasteiger charge is 2.48. The van der Waals surface area contributed by atoms with Gasteiger partial charge in [-0.3, -0.25) is 0 Å². The molecule has 2 N–H and O–H groups in total. The van der Waals surface area contributed by atoms with Crippen molar-refractivity contribution in [3.05, 3.63) is 34.9 Å². The van der Waals surface area contributed by atoms with Gasteiger partial charge in [0.25, 0.3) is 0 Å². The molecule has 4 heteroatoms. The quantitative estimate of drug-likeness (QED) is 0.781. The van der Waals surface area contributed by atoms with E-state index in [2.05, 4.69) is 4.84 Å². The summed E-state index contributed by atoms with van der Waals surface area (Å²) in [6, 6.07) is 2.68. The van der Waals surface area contributed by atoms with Gasteiger partial charge < -0.3 is 4.84 Å². The van der Waals surface area contributed by atoms with Crippen LogP contribution in [-0.4, -0.2) is 6.61 Å². The van der Waals surface area contributed by atoms with E-state index in [4.69, 9.17) is 5.90 Å². The van der Waals surface area contributed by atoms with Crippen LogP contribution >= 0.6 is 0 Å². The van der Waals surface area contributed by atoms with Crippen LogP contribution in [0.1, 0.15) is 24.0 Å². The normalized spacial score (nSPS) is 17.9. The van der Waals surface area contributed by atoms with Crippen LogP contribution in [0.2, 0.25) is 0 Å². The Morgan fingerprint density at radius 2 is 1.87 bits per heavy atom. The topological polar surface area (TPSA) is 35.2 Å². The Balaban J connectivity index is 2.44. The zero-order valence-corrected chi connectivity index (χ0v) is 8.52. The summed E-state index contributed by atoms with van der Waals surface area (Å²) >= 11 is 0. The molecule has 0 spiro atoms. The average molecular weight is 213 g/mol. The molecule has 0 heterocycles. The molecule has 0 aromatic heterocycles. The summed E-state index contributed by atoms with van der Waals surface area (Å²) in [7, 11) is 0. The summed E-state index contributed by atoms with van der Waals surface area (Å²) in [6.45, 7) is 1.83. The Labute approximate surface area is 87.0 Å². The van der Waals surface area contributed by atoms with E-state index in [1.807, 2.05) is 0 Å². The molecule has 82 valence electrons. The Kier molecular flexibility index (Phi) is 2.48. The number of aryl methyl sites for hydroxylation is 1. The molecule has 1 aromatic rings. The number of hydrogen-bond acceptors (Lipinski definition) is 2. The molecule has 0 aliphatic heterocycles. The lowest BCUT2D eigenvalue weighted by Crippen LogP contribution is -2.21. The molecule has 1 aromatic carbocycles. The van der Waals surface area contributed by atoms with E-state index in [9.17, 15) is 8.78 Å². The predicted octanol–water partition coefficient (Wildman–Crippen LogP) is 2.20. The van der Waals surface area contributed by atoms with E-state index in [1.54, 1.807) is 6.92 Å². The maximum absolute atomic E-state index is 13.6. The fourth-order valence-electron chi connectivity index (χ4n) is 1.98. The first-order valence-corrected chi connectivity index (χ1v) is 4.87. The first-order chi connectivity index (χ1) is 7.09. The number of rotatable bonds is 3. The van der Waals surface area contributed by atoms with Crippen LogP contribution in [0.4, 0.5) is 8.78 Å². The summed E-state index contributed by atoms with van der Waals surface area (Å²) in [6.07, 6.45) is 1.45. The molecular weight excluding hydrogens is 200 g/mol. The standard InChI is InChI=1S/C11H13F2NO/c1-7-4-8(12)10(9(13)5-7)11(2-3-11)6-15-14/h4-5H,2-3,6,14H2,1H3. The summed E-state index contributed by atoms with van der Waals surface area (Å²) < 4.78 is 27.3. The molecule has 1 saturated carbocycles. The Bertz CT molecular complexity index is 365.